The third kappa shape index (κ3) is 3.77. The van der Waals surface area contributed by atoms with Crippen molar-refractivity contribution in [3.8, 4) is 0 Å². The molecule has 5 nitrogen and oxygen atoms in total. The number of nitrogens with zero attached hydrogens (tertiary/aromatic N) is 3. The van der Waals surface area contributed by atoms with Crippen LogP contribution in [0.3, 0.4) is 0 Å². The molecule has 27 heavy (non-hydrogen) atoms. The van der Waals surface area contributed by atoms with Gasteiger partial charge >= 0.3 is 0 Å². The molecular weight excluding hydrogens is 404 g/mol. The van der Waals surface area contributed by atoms with Crippen molar-refractivity contribution in [1.29, 1.82) is 0 Å². The van der Waals surface area contributed by atoms with Crippen LogP contribution in [0.1, 0.15) is 40.6 Å². The highest BCUT2D eigenvalue weighted by atomic mass is 79.9. The van der Waals surface area contributed by atoms with Crippen LogP contribution in [0.5, 0.6) is 0 Å². The Morgan fingerprint density at radius 1 is 1.19 bits per heavy atom. The van der Waals surface area contributed by atoms with Crippen molar-refractivity contribution < 1.29 is 4.79 Å². The molecule has 1 fully saturated rings. The van der Waals surface area contributed by atoms with E-state index in [-0.39, 0.29) is 11.9 Å². The summed E-state index contributed by atoms with van der Waals surface area (Å²) in [5, 5.41) is 3.16. The van der Waals surface area contributed by atoms with Gasteiger partial charge in [-0.1, -0.05) is 30.3 Å². The Labute approximate surface area is 167 Å². The lowest BCUT2D eigenvalue weighted by atomic mass is 10.1. The minimum atomic E-state index is -0.0850. The zero-order valence-electron chi connectivity index (χ0n) is 15.4. The average Bonchev–Trinajstić information content (AvgIpc) is 3.30. The number of amides is 1. The summed E-state index contributed by atoms with van der Waals surface area (Å²) in [5.41, 5.74) is 3.36. The van der Waals surface area contributed by atoms with Gasteiger partial charge in [0.2, 0.25) is 0 Å². The van der Waals surface area contributed by atoms with Gasteiger partial charge in [-0.15, -0.1) is 0 Å². The van der Waals surface area contributed by atoms with E-state index < -0.39 is 0 Å². The molecule has 1 saturated heterocycles. The molecule has 1 aliphatic rings. The van der Waals surface area contributed by atoms with Crippen molar-refractivity contribution in [2.75, 3.05) is 19.6 Å². The van der Waals surface area contributed by atoms with Crippen LogP contribution in [0.25, 0.3) is 5.65 Å². The minimum absolute atomic E-state index is 0.0850. The Morgan fingerprint density at radius 2 is 1.93 bits per heavy atom. The molecule has 0 spiro atoms. The number of halogens is 1. The van der Waals surface area contributed by atoms with Crippen LogP contribution in [-0.2, 0) is 0 Å². The van der Waals surface area contributed by atoms with Crippen LogP contribution in [0, 0.1) is 6.92 Å². The second-order valence-electron chi connectivity index (χ2n) is 7.00. The van der Waals surface area contributed by atoms with E-state index in [9.17, 15) is 4.79 Å². The first-order chi connectivity index (χ1) is 13.1. The van der Waals surface area contributed by atoms with Gasteiger partial charge in [0.1, 0.15) is 11.3 Å². The van der Waals surface area contributed by atoms with Crippen molar-refractivity contribution in [2.24, 2.45) is 0 Å². The topological polar surface area (TPSA) is 49.6 Å². The molecular formula is C21H23BrN4O. The van der Waals surface area contributed by atoms with Gasteiger partial charge in [-0.25, -0.2) is 4.98 Å². The van der Waals surface area contributed by atoms with Crippen molar-refractivity contribution in [2.45, 2.75) is 25.8 Å². The van der Waals surface area contributed by atoms with E-state index in [1.165, 1.54) is 18.4 Å². The molecule has 2 aromatic heterocycles. The number of hydrogen-bond acceptors (Lipinski definition) is 3. The summed E-state index contributed by atoms with van der Waals surface area (Å²) in [6, 6.07) is 14.5. The first kappa shape index (κ1) is 18.2. The van der Waals surface area contributed by atoms with Crippen LogP contribution in [0.15, 0.2) is 53.1 Å². The minimum Gasteiger partial charge on any atom is -0.349 e. The van der Waals surface area contributed by atoms with Crippen molar-refractivity contribution in [1.82, 2.24) is 19.6 Å². The Balaban J connectivity index is 1.57. The highest BCUT2D eigenvalue weighted by Gasteiger charge is 2.25. The SMILES string of the molecule is Cc1nc2ccc(Br)cn2c1C(=O)NCC(c1ccccc1)N1CCCC1. The Bertz CT molecular complexity index is 947. The number of hydrogen-bond donors (Lipinski definition) is 1. The highest BCUT2D eigenvalue weighted by Crippen LogP contribution is 2.25. The summed E-state index contributed by atoms with van der Waals surface area (Å²) in [6.45, 7) is 4.63. The summed E-state index contributed by atoms with van der Waals surface area (Å²) in [7, 11) is 0. The first-order valence-corrected chi connectivity index (χ1v) is 10.1. The monoisotopic (exact) mass is 426 g/mol. The maximum atomic E-state index is 13.0. The van der Waals surface area contributed by atoms with E-state index in [4.69, 9.17) is 0 Å². The molecule has 3 heterocycles. The fourth-order valence-electron chi connectivity index (χ4n) is 3.87. The second-order valence-corrected chi connectivity index (χ2v) is 7.92. The van der Waals surface area contributed by atoms with Crippen molar-refractivity contribution in [3.63, 3.8) is 0 Å². The number of rotatable bonds is 5. The molecule has 3 aromatic rings. The van der Waals surface area contributed by atoms with Gasteiger partial charge < -0.3 is 5.32 Å². The number of carbonyl (C=O) groups excluding carboxylic acids is 1. The highest BCUT2D eigenvalue weighted by molar-refractivity contribution is 9.10. The second kappa shape index (κ2) is 7.82. The van der Waals surface area contributed by atoms with Crippen LogP contribution >= 0.6 is 15.9 Å². The number of nitrogens with one attached hydrogen (secondary N) is 1. The van der Waals surface area contributed by atoms with Gasteiger partial charge in [0.15, 0.2) is 0 Å². The summed E-state index contributed by atoms with van der Waals surface area (Å²) < 4.78 is 2.77. The largest absolute Gasteiger partial charge is 0.349 e. The number of likely N-dealkylation sites (tertiary alicyclic amines) is 1. The maximum Gasteiger partial charge on any atom is 0.270 e. The van der Waals surface area contributed by atoms with E-state index in [0.29, 0.717) is 12.2 Å². The number of carbonyl (C=O) groups is 1. The quantitative estimate of drug-likeness (QED) is 0.671. The van der Waals surface area contributed by atoms with Crippen molar-refractivity contribution >= 4 is 27.5 Å². The zero-order chi connectivity index (χ0) is 18.8. The Hall–Kier alpha value is -2.18. The smallest absolute Gasteiger partial charge is 0.270 e. The molecule has 1 aliphatic heterocycles. The molecule has 4 rings (SSSR count). The lowest BCUT2D eigenvalue weighted by Gasteiger charge is -2.28. The predicted octanol–water partition coefficient (Wildman–Crippen LogP) is 3.97. The van der Waals surface area contributed by atoms with Gasteiger partial charge in [0.25, 0.3) is 5.91 Å². The molecule has 140 valence electrons. The number of aromatic nitrogens is 2. The molecule has 1 atom stereocenters. The van der Waals surface area contributed by atoms with E-state index in [2.05, 4.69) is 55.4 Å². The lowest BCUT2D eigenvalue weighted by molar-refractivity contribution is 0.0931. The lowest BCUT2D eigenvalue weighted by Crippen LogP contribution is -2.37. The molecule has 0 radical (unpaired) electrons. The van der Waals surface area contributed by atoms with Crippen LogP contribution < -0.4 is 5.32 Å². The Morgan fingerprint density at radius 3 is 2.67 bits per heavy atom. The van der Waals surface area contributed by atoms with Crippen molar-refractivity contribution in [3.05, 3.63) is 70.1 Å². The van der Waals surface area contributed by atoms with Gasteiger partial charge in [-0.05, 0) is 66.5 Å². The summed E-state index contributed by atoms with van der Waals surface area (Å²) in [6.07, 6.45) is 4.33. The van der Waals surface area contributed by atoms with E-state index in [0.717, 1.165) is 28.9 Å². The molecule has 1 N–H and O–H groups in total. The van der Waals surface area contributed by atoms with Gasteiger partial charge in [0.05, 0.1) is 11.7 Å². The van der Waals surface area contributed by atoms with E-state index in [1.54, 1.807) is 0 Å². The first-order valence-electron chi connectivity index (χ1n) is 9.35. The third-order valence-electron chi connectivity index (χ3n) is 5.19. The molecule has 0 aliphatic carbocycles. The summed E-state index contributed by atoms with van der Waals surface area (Å²) in [5.74, 6) is -0.0850. The van der Waals surface area contributed by atoms with Gasteiger partial charge in [-0.2, -0.15) is 0 Å². The predicted molar refractivity (Wildman–Crippen MR) is 110 cm³/mol. The Kier molecular flexibility index (Phi) is 5.27. The average molecular weight is 427 g/mol. The van der Waals surface area contributed by atoms with Crippen LogP contribution in [-0.4, -0.2) is 39.8 Å². The zero-order valence-corrected chi connectivity index (χ0v) is 16.9. The number of pyridine rings is 1. The molecule has 0 bridgehead atoms. The van der Waals surface area contributed by atoms with Gasteiger partial charge in [-0.3, -0.25) is 14.1 Å². The molecule has 0 saturated carbocycles. The molecule has 1 unspecified atom stereocenters. The summed E-state index contributed by atoms with van der Waals surface area (Å²) in [4.78, 5) is 20.0. The van der Waals surface area contributed by atoms with E-state index in [1.807, 2.05) is 35.7 Å². The summed E-state index contributed by atoms with van der Waals surface area (Å²) >= 11 is 3.48. The normalized spacial score (nSPS) is 15.9. The number of imidazole rings is 1. The number of benzene rings is 1. The van der Waals surface area contributed by atoms with E-state index >= 15 is 0 Å². The molecule has 1 amide bonds. The molecule has 1 aromatic carbocycles. The van der Waals surface area contributed by atoms with Gasteiger partial charge in [0, 0.05) is 17.2 Å². The number of aryl methyl sites for hydroxylation is 1. The van der Waals surface area contributed by atoms with Crippen LogP contribution in [0.2, 0.25) is 0 Å². The number of fused-ring (bicyclic) bond motifs is 1. The third-order valence-corrected chi connectivity index (χ3v) is 5.66. The standard InChI is InChI=1S/C21H23BrN4O/c1-15-20(26-14-17(22)9-10-19(26)24-15)21(27)23-13-18(25-11-5-6-12-25)16-7-3-2-4-8-16/h2-4,7-10,14,18H,5-6,11-13H2,1H3,(H,23,27). The fourth-order valence-corrected chi connectivity index (χ4v) is 4.21. The fraction of sp³-hybridized carbons (Fsp3) is 0.333. The van der Waals surface area contributed by atoms with Crippen LogP contribution in [0.4, 0.5) is 0 Å². The maximum absolute atomic E-state index is 13.0. The molecule has 6 heteroatoms.